The Morgan fingerprint density at radius 1 is 1.09 bits per heavy atom. The Morgan fingerprint density at radius 3 is 2.33 bits per heavy atom. The van der Waals surface area contributed by atoms with Gasteiger partial charge in [-0.15, -0.1) is 0 Å². The van der Waals surface area contributed by atoms with Gasteiger partial charge in [0.05, 0.1) is 0 Å². The zero-order chi connectivity index (χ0) is 24.0. The first-order chi connectivity index (χ1) is 15.6. The molecule has 1 aromatic carbocycles. The number of hydrogen-bond donors (Lipinski definition) is 2. The van der Waals surface area contributed by atoms with Crippen molar-refractivity contribution in [3.8, 4) is 0 Å². The number of piperidine rings is 1. The minimum atomic E-state index is -0.629. The topological polar surface area (TPSA) is 91.4 Å². The number of benzene rings is 1. The molecule has 1 aromatic heterocycles. The predicted molar refractivity (Wildman–Crippen MR) is 127 cm³/mol. The molecule has 7 nitrogen and oxygen atoms in total. The number of amides is 3. The molecular formula is C26H34N4O3. The van der Waals surface area contributed by atoms with Gasteiger partial charge in [0.1, 0.15) is 6.04 Å². The van der Waals surface area contributed by atoms with Crippen molar-refractivity contribution in [1.82, 2.24) is 20.5 Å². The van der Waals surface area contributed by atoms with Gasteiger partial charge >= 0.3 is 0 Å². The Balaban J connectivity index is 1.45. The Morgan fingerprint density at radius 2 is 1.76 bits per heavy atom. The van der Waals surface area contributed by atoms with Crippen LogP contribution in [-0.4, -0.2) is 46.7 Å². The number of pyridine rings is 1. The summed E-state index contributed by atoms with van der Waals surface area (Å²) in [7, 11) is 0. The summed E-state index contributed by atoms with van der Waals surface area (Å²) in [4.78, 5) is 43.7. The van der Waals surface area contributed by atoms with Crippen LogP contribution in [0.1, 0.15) is 62.0 Å². The van der Waals surface area contributed by atoms with Crippen molar-refractivity contribution in [2.75, 3.05) is 13.1 Å². The molecule has 7 heteroatoms. The molecular weight excluding hydrogens is 416 g/mol. The van der Waals surface area contributed by atoms with Gasteiger partial charge in [0, 0.05) is 43.5 Å². The molecule has 0 aliphatic carbocycles. The van der Waals surface area contributed by atoms with Crippen LogP contribution in [-0.2, 0) is 21.5 Å². The van der Waals surface area contributed by atoms with Crippen LogP contribution in [0.4, 0.5) is 0 Å². The summed E-state index contributed by atoms with van der Waals surface area (Å²) in [5, 5.41) is 5.76. The van der Waals surface area contributed by atoms with Gasteiger partial charge in [0.25, 0.3) is 5.91 Å². The first-order valence-corrected chi connectivity index (χ1v) is 11.5. The van der Waals surface area contributed by atoms with E-state index >= 15 is 0 Å². The van der Waals surface area contributed by atoms with Crippen LogP contribution < -0.4 is 10.6 Å². The lowest BCUT2D eigenvalue weighted by Crippen LogP contribution is -2.50. The number of nitrogens with one attached hydrogen (secondary N) is 2. The molecule has 1 fully saturated rings. The molecule has 1 aliphatic rings. The highest BCUT2D eigenvalue weighted by molar-refractivity contribution is 5.97. The van der Waals surface area contributed by atoms with Gasteiger partial charge in [-0.1, -0.05) is 39.0 Å². The van der Waals surface area contributed by atoms with Crippen molar-refractivity contribution in [1.29, 1.82) is 0 Å². The lowest BCUT2D eigenvalue weighted by atomic mass is 9.86. The molecule has 2 heterocycles. The van der Waals surface area contributed by atoms with E-state index in [-0.39, 0.29) is 29.1 Å². The fraction of sp³-hybridized carbons (Fsp3) is 0.462. The summed E-state index contributed by atoms with van der Waals surface area (Å²) in [5.74, 6) is -0.493. The summed E-state index contributed by atoms with van der Waals surface area (Å²) < 4.78 is 0. The molecule has 1 aliphatic heterocycles. The third-order valence-corrected chi connectivity index (χ3v) is 6.10. The maximum Gasteiger partial charge on any atom is 0.251 e. The fourth-order valence-electron chi connectivity index (χ4n) is 3.94. The van der Waals surface area contributed by atoms with E-state index in [9.17, 15) is 14.4 Å². The Bertz CT molecular complexity index is 959. The van der Waals surface area contributed by atoms with Crippen molar-refractivity contribution in [3.05, 3.63) is 65.5 Å². The first kappa shape index (κ1) is 24.4. The Labute approximate surface area is 196 Å². The standard InChI is InChI=1S/C26H34N4O3/c1-18(29-24(32)20-7-9-22(10-8-20)26(2,3)4)25(33)30-14-11-21(12-15-30)23(31)28-17-19-6-5-13-27-16-19/h5-10,13,16,18,21H,11-12,14-15,17H2,1-4H3,(H,28,31)(H,29,32). The number of nitrogens with zero attached hydrogens (tertiary/aromatic N) is 2. The Hall–Kier alpha value is -3.22. The lowest BCUT2D eigenvalue weighted by molar-refractivity contribution is -0.136. The third-order valence-electron chi connectivity index (χ3n) is 6.10. The summed E-state index contributed by atoms with van der Waals surface area (Å²) in [6, 6.07) is 10.6. The molecule has 1 saturated heterocycles. The zero-order valence-electron chi connectivity index (χ0n) is 19.9. The summed E-state index contributed by atoms with van der Waals surface area (Å²) in [5.41, 5.74) is 2.65. The summed E-state index contributed by atoms with van der Waals surface area (Å²) in [6.45, 7) is 9.53. The van der Waals surface area contributed by atoms with Gasteiger partial charge in [-0.25, -0.2) is 0 Å². The van der Waals surface area contributed by atoms with E-state index in [4.69, 9.17) is 0 Å². The van der Waals surface area contributed by atoms with Crippen LogP contribution in [0, 0.1) is 5.92 Å². The van der Waals surface area contributed by atoms with Gasteiger partial charge in [-0.3, -0.25) is 19.4 Å². The predicted octanol–water partition coefficient (Wildman–Crippen LogP) is 3.05. The third kappa shape index (κ3) is 6.63. The SMILES string of the molecule is CC(NC(=O)c1ccc(C(C)(C)C)cc1)C(=O)N1CCC(C(=O)NCc2cccnc2)CC1. The fourth-order valence-corrected chi connectivity index (χ4v) is 3.94. The van der Waals surface area contributed by atoms with Crippen LogP contribution >= 0.6 is 0 Å². The van der Waals surface area contributed by atoms with E-state index in [2.05, 4.69) is 36.4 Å². The maximum absolute atomic E-state index is 12.8. The molecule has 2 aromatic rings. The Kier molecular flexibility index (Phi) is 7.84. The van der Waals surface area contributed by atoms with Crippen molar-refractivity contribution in [2.24, 2.45) is 5.92 Å². The van der Waals surface area contributed by atoms with Crippen LogP contribution in [0.25, 0.3) is 0 Å². The van der Waals surface area contributed by atoms with E-state index < -0.39 is 6.04 Å². The van der Waals surface area contributed by atoms with Gasteiger partial charge < -0.3 is 15.5 Å². The highest BCUT2D eigenvalue weighted by atomic mass is 16.2. The van der Waals surface area contributed by atoms with Crippen LogP contribution in [0.5, 0.6) is 0 Å². The van der Waals surface area contributed by atoms with E-state index in [1.165, 1.54) is 0 Å². The molecule has 0 bridgehead atoms. The zero-order valence-corrected chi connectivity index (χ0v) is 19.9. The average molecular weight is 451 g/mol. The monoisotopic (exact) mass is 450 g/mol. The molecule has 176 valence electrons. The summed E-state index contributed by atoms with van der Waals surface area (Å²) >= 11 is 0. The second-order valence-electron chi connectivity index (χ2n) is 9.70. The van der Waals surface area contributed by atoms with Crippen molar-refractivity contribution >= 4 is 17.7 Å². The van der Waals surface area contributed by atoms with Gasteiger partial charge in [0.15, 0.2) is 0 Å². The van der Waals surface area contributed by atoms with Crippen molar-refractivity contribution < 1.29 is 14.4 Å². The number of aromatic nitrogens is 1. The molecule has 0 saturated carbocycles. The lowest BCUT2D eigenvalue weighted by Gasteiger charge is -2.33. The van der Waals surface area contributed by atoms with E-state index in [1.807, 2.05) is 24.3 Å². The molecule has 2 N–H and O–H groups in total. The molecule has 0 radical (unpaired) electrons. The average Bonchev–Trinajstić information content (AvgIpc) is 2.82. The second kappa shape index (κ2) is 10.6. The molecule has 33 heavy (non-hydrogen) atoms. The molecule has 1 atom stereocenters. The van der Waals surface area contributed by atoms with Crippen molar-refractivity contribution in [2.45, 2.75) is 58.5 Å². The highest BCUT2D eigenvalue weighted by Crippen LogP contribution is 2.22. The quantitative estimate of drug-likeness (QED) is 0.708. The largest absolute Gasteiger partial charge is 0.352 e. The molecule has 3 rings (SSSR count). The molecule has 1 unspecified atom stereocenters. The van der Waals surface area contributed by atoms with Crippen LogP contribution in [0.2, 0.25) is 0 Å². The minimum Gasteiger partial charge on any atom is -0.352 e. The number of likely N-dealkylation sites (tertiary alicyclic amines) is 1. The van der Waals surface area contributed by atoms with E-state index in [1.54, 1.807) is 36.4 Å². The van der Waals surface area contributed by atoms with Gasteiger partial charge in [-0.05, 0) is 54.5 Å². The molecule has 0 spiro atoms. The van der Waals surface area contributed by atoms with Crippen LogP contribution in [0.15, 0.2) is 48.8 Å². The van der Waals surface area contributed by atoms with E-state index in [0.29, 0.717) is 38.0 Å². The minimum absolute atomic E-state index is 0.00556. The van der Waals surface area contributed by atoms with Gasteiger partial charge in [-0.2, -0.15) is 0 Å². The number of rotatable bonds is 6. The molecule has 3 amide bonds. The number of carbonyl (C=O) groups excluding carboxylic acids is 3. The maximum atomic E-state index is 12.8. The smallest absolute Gasteiger partial charge is 0.251 e. The number of hydrogen-bond acceptors (Lipinski definition) is 4. The number of carbonyl (C=O) groups is 3. The highest BCUT2D eigenvalue weighted by Gasteiger charge is 2.30. The first-order valence-electron chi connectivity index (χ1n) is 11.5. The summed E-state index contributed by atoms with van der Waals surface area (Å²) in [6.07, 6.45) is 4.65. The van der Waals surface area contributed by atoms with Gasteiger partial charge in [0.2, 0.25) is 11.8 Å². The van der Waals surface area contributed by atoms with E-state index in [0.717, 1.165) is 11.1 Å². The van der Waals surface area contributed by atoms with Crippen molar-refractivity contribution in [3.63, 3.8) is 0 Å². The normalized spacial score (nSPS) is 15.6. The second-order valence-corrected chi connectivity index (χ2v) is 9.70. The van der Waals surface area contributed by atoms with Crippen LogP contribution in [0.3, 0.4) is 0 Å².